The summed E-state index contributed by atoms with van der Waals surface area (Å²) in [6.45, 7) is 5.74. The van der Waals surface area contributed by atoms with Crippen molar-refractivity contribution in [3.63, 3.8) is 0 Å². The van der Waals surface area contributed by atoms with Crippen molar-refractivity contribution in [2.45, 2.75) is 20.8 Å². The van der Waals surface area contributed by atoms with Gasteiger partial charge in [0.2, 0.25) is 0 Å². The lowest BCUT2D eigenvalue weighted by Gasteiger charge is -2.04. The van der Waals surface area contributed by atoms with Gasteiger partial charge in [-0.25, -0.2) is 15.0 Å². The molecule has 5 aromatic rings. The fourth-order valence-corrected chi connectivity index (χ4v) is 4.67. The van der Waals surface area contributed by atoms with Gasteiger partial charge in [-0.05, 0) is 56.7 Å². The number of hydrogen-bond donors (Lipinski definition) is 2. The van der Waals surface area contributed by atoms with Crippen molar-refractivity contribution in [1.29, 1.82) is 0 Å². The highest BCUT2D eigenvalue weighted by atomic mass is 32.1. The molecular weight excluding hydrogens is 386 g/mol. The summed E-state index contributed by atoms with van der Waals surface area (Å²) in [6, 6.07) is 9.23. The van der Waals surface area contributed by atoms with Crippen molar-refractivity contribution >= 4 is 44.2 Å². The summed E-state index contributed by atoms with van der Waals surface area (Å²) in [5.74, 6) is 1.87. The van der Waals surface area contributed by atoms with Crippen molar-refractivity contribution < 1.29 is 9.21 Å². The largest absolute Gasteiger partial charge is 0.461 e. The number of nitrogens with one attached hydrogen (secondary N) is 2. The predicted octanol–water partition coefficient (Wildman–Crippen LogP) is 5.01. The molecule has 0 fully saturated rings. The fraction of sp³-hybridized carbons (Fsp3) is 0.143. The number of nitrogens with zero attached hydrogens (tertiary/aromatic N) is 3. The van der Waals surface area contributed by atoms with Gasteiger partial charge in [0, 0.05) is 16.8 Å². The molecule has 0 spiro atoms. The minimum atomic E-state index is -0.160. The van der Waals surface area contributed by atoms with E-state index < -0.39 is 0 Å². The number of carbonyl (C=O) groups excluding carboxylic acids is 1. The molecule has 0 saturated heterocycles. The van der Waals surface area contributed by atoms with Crippen molar-refractivity contribution in [2.24, 2.45) is 0 Å². The van der Waals surface area contributed by atoms with E-state index >= 15 is 0 Å². The Morgan fingerprint density at radius 2 is 2.00 bits per heavy atom. The Balaban J connectivity index is 1.47. The molecule has 0 aliphatic rings. The summed E-state index contributed by atoms with van der Waals surface area (Å²) < 4.78 is 5.39. The van der Waals surface area contributed by atoms with Gasteiger partial charge in [0.05, 0.1) is 22.2 Å². The van der Waals surface area contributed by atoms with E-state index in [2.05, 4.69) is 25.3 Å². The number of aromatic amines is 1. The second-order valence-electron chi connectivity index (χ2n) is 6.84. The molecule has 0 atom stereocenters. The van der Waals surface area contributed by atoms with E-state index in [4.69, 9.17) is 4.42 Å². The third-order valence-corrected chi connectivity index (χ3v) is 5.97. The Labute approximate surface area is 169 Å². The number of aromatic nitrogens is 4. The van der Waals surface area contributed by atoms with Crippen LogP contribution in [0.3, 0.4) is 0 Å². The summed E-state index contributed by atoms with van der Waals surface area (Å²) >= 11 is 1.39. The maximum Gasteiger partial charge on any atom is 0.266 e. The summed E-state index contributed by atoms with van der Waals surface area (Å²) in [4.78, 5) is 31.1. The molecule has 29 heavy (non-hydrogen) atoms. The standard InChI is InChI=1S/C21H17N5O2S/c1-10-17-11(2)22-12(3)23-21(17)29-18(10)20(27)24-13-6-7-14-15(9-13)26-19(25-14)16-5-4-8-28-16/h4-9H,1-3H3,(H,24,27)(H,25,26). The topological polar surface area (TPSA) is 96.7 Å². The number of amides is 1. The third-order valence-electron chi connectivity index (χ3n) is 4.78. The molecule has 0 bridgehead atoms. The molecule has 8 heteroatoms. The lowest BCUT2D eigenvalue weighted by atomic mass is 10.1. The maximum absolute atomic E-state index is 12.9. The minimum Gasteiger partial charge on any atom is -0.461 e. The van der Waals surface area contributed by atoms with Gasteiger partial charge in [-0.1, -0.05) is 0 Å². The zero-order valence-corrected chi connectivity index (χ0v) is 16.8. The lowest BCUT2D eigenvalue weighted by Crippen LogP contribution is -2.11. The minimum absolute atomic E-state index is 0.160. The number of rotatable bonds is 3. The summed E-state index contributed by atoms with van der Waals surface area (Å²) in [7, 11) is 0. The Kier molecular flexibility index (Phi) is 3.95. The first-order valence-electron chi connectivity index (χ1n) is 9.09. The molecule has 0 aliphatic heterocycles. The third kappa shape index (κ3) is 2.98. The monoisotopic (exact) mass is 403 g/mol. The van der Waals surface area contributed by atoms with Crippen molar-refractivity contribution in [2.75, 3.05) is 5.32 Å². The molecule has 7 nitrogen and oxygen atoms in total. The van der Waals surface area contributed by atoms with Crippen LogP contribution >= 0.6 is 11.3 Å². The van der Waals surface area contributed by atoms with Gasteiger partial charge in [0.15, 0.2) is 11.6 Å². The Morgan fingerprint density at radius 3 is 2.79 bits per heavy atom. The maximum atomic E-state index is 12.9. The molecule has 144 valence electrons. The molecule has 1 amide bonds. The number of benzene rings is 1. The summed E-state index contributed by atoms with van der Waals surface area (Å²) in [5.41, 5.74) is 4.11. The van der Waals surface area contributed by atoms with Gasteiger partial charge in [-0.2, -0.15) is 0 Å². The van der Waals surface area contributed by atoms with Crippen LogP contribution in [-0.4, -0.2) is 25.8 Å². The molecule has 2 N–H and O–H groups in total. The van der Waals surface area contributed by atoms with Crippen LogP contribution in [0, 0.1) is 20.8 Å². The zero-order valence-electron chi connectivity index (χ0n) is 16.0. The fourth-order valence-electron chi connectivity index (χ4n) is 3.50. The molecule has 0 radical (unpaired) electrons. The number of aryl methyl sites for hydroxylation is 3. The van der Waals surface area contributed by atoms with Crippen molar-refractivity contribution in [3.8, 4) is 11.6 Å². The van der Waals surface area contributed by atoms with Gasteiger partial charge in [-0.3, -0.25) is 4.79 Å². The molecule has 0 aliphatic carbocycles. The van der Waals surface area contributed by atoms with Crippen LogP contribution < -0.4 is 5.32 Å². The highest BCUT2D eigenvalue weighted by Crippen LogP contribution is 2.32. The quantitative estimate of drug-likeness (QED) is 0.442. The molecule has 4 heterocycles. The molecular formula is C21H17N5O2S. The Hall–Kier alpha value is -3.52. The van der Waals surface area contributed by atoms with Crippen molar-refractivity contribution in [1.82, 2.24) is 19.9 Å². The number of thiophene rings is 1. The van der Waals surface area contributed by atoms with Gasteiger partial charge in [-0.15, -0.1) is 11.3 Å². The molecule has 1 aromatic carbocycles. The van der Waals surface area contributed by atoms with E-state index in [1.54, 1.807) is 6.26 Å². The highest BCUT2D eigenvalue weighted by Gasteiger charge is 2.19. The molecule has 5 rings (SSSR count). The molecule has 0 saturated carbocycles. The molecule has 4 aromatic heterocycles. The SMILES string of the molecule is Cc1nc(C)c2c(C)c(C(=O)Nc3ccc4nc(-c5ccco5)[nH]c4c3)sc2n1. The van der Waals surface area contributed by atoms with Crippen LogP contribution in [0.1, 0.15) is 26.8 Å². The van der Waals surface area contributed by atoms with Crippen LogP contribution in [0.4, 0.5) is 5.69 Å². The van der Waals surface area contributed by atoms with Crippen LogP contribution in [0.25, 0.3) is 32.8 Å². The van der Waals surface area contributed by atoms with Crippen LogP contribution in [0.15, 0.2) is 41.0 Å². The van der Waals surface area contributed by atoms with E-state index in [9.17, 15) is 4.79 Å². The van der Waals surface area contributed by atoms with Crippen LogP contribution in [0.2, 0.25) is 0 Å². The zero-order chi connectivity index (χ0) is 20.1. The number of H-pyrrole nitrogens is 1. The average molecular weight is 403 g/mol. The summed E-state index contributed by atoms with van der Waals surface area (Å²) in [5, 5.41) is 3.94. The normalized spacial score (nSPS) is 11.4. The number of furan rings is 1. The number of hydrogen-bond acceptors (Lipinski definition) is 6. The first-order valence-corrected chi connectivity index (χ1v) is 9.90. The average Bonchev–Trinajstić information content (AvgIpc) is 3.39. The van der Waals surface area contributed by atoms with Gasteiger partial charge >= 0.3 is 0 Å². The predicted molar refractivity (Wildman–Crippen MR) is 113 cm³/mol. The van der Waals surface area contributed by atoms with Crippen molar-refractivity contribution in [3.05, 3.63) is 58.6 Å². The van der Waals surface area contributed by atoms with Gasteiger partial charge < -0.3 is 14.7 Å². The number of anilines is 1. The van der Waals surface area contributed by atoms with E-state index in [1.165, 1.54) is 11.3 Å². The van der Waals surface area contributed by atoms with Crippen LogP contribution in [0.5, 0.6) is 0 Å². The second kappa shape index (κ2) is 6.52. The summed E-state index contributed by atoms with van der Waals surface area (Å²) in [6.07, 6.45) is 1.61. The highest BCUT2D eigenvalue weighted by molar-refractivity contribution is 7.20. The Bertz CT molecular complexity index is 1380. The lowest BCUT2D eigenvalue weighted by molar-refractivity contribution is 0.103. The van der Waals surface area contributed by atoms with E-state index in [1.807, 2.05) is 51.1 Å². The number of fused-ring (bicyclic) bond motifs is 2. The van der Waals surface area contributed by atoms with Gasteiger partial charge in [0.25, 0.3) is 5.91 Å². The smallest absolute Gasteiger partial charge is 0.266 e. The first-order chi connectivity index (χ1) is 14.0. The van der Waals surface area contributed by atoms with Gasteiger partial charge in [0.1, 0.15) is 10.7 Å². The van der Waals surface area contributed by atoms with Crippen LogP contribution in [-0.2, 0) is 0 Å². The Morgan fingerprint density at radius 1 is 1.14 bits per heavy atom. The van der Waals surface area contributed by atoms with E-state index in [0.717, 1.165) is 32.5 Å². The molecule has 0 unspecified atom stereocenters. The second-order valence-corrected chi connectivity index (χ2v) is 7.84. The first kappa shape index (κ1) is 17.6. The number of carbonyl (C=O) groups is 1. The van der Waals surface area contributed by atoms with E-state index in [-0.39, 0.29) is 5.91 Å². The number of imidazole rings is 1. The van der Waals surface area contributed by atoms with E-state index in [0.29, 0.717) is 28.0 Å².